The largest absolute Gasteiger partial charge is 1.00 e. The molecule has 1 aliphatic heterocycles. The first-order valence-corrected chi connectivity index (χ1v) is 10.3. The summed E-state index contributed by atoms with van der Waals surface area (Å²) in [6.45, 7) is 0.844. The topological polar surface area (TPSA) is 12.5 Å². The number of hydroxylamine groups is 2. The van der Waals surface area contributed by atoms with Crippen molar-refractivity contribution < 1.29 is 31.4 Å². The summed E-state index contributed by atoms with van der Waals surface area (Å²) in [4.78, 5) is 6.02. The molecule has 26 heavy (non-hydrogen) atoms. The molecule has 1 aromatic carbocycles. The molecule has 0 aromatic heterocycles. The molecule has 1 aliphatic carbocycles. The second kappa shape index (κ2) is 7.24. The second-order valence-corrected chi connectivity index (χ2v) is 8.18. The van der Waals surface area contributed by atoms with Crippen LogP contribution < -0.4 is 0 Å². The molecule has 0 saturated heterocycles. The standard InChI is InChI=1S/C17H21NO.F6P/c1-3-7-15(8-4-1)16-11-13-18(14-12-16)19-17-9-5-2-6-10-17;1-7(2,3,4,5)6/h1,3-4,7-8,11-13,17H,2,5-6,9-10,14H2;/q;-1/p+1. The Morgan fingerprint density at radius 3 is 2.00 bits per heavy atom. The fourth-order valence-corrected chi connectivity index (χ4v) is 2.77. The summed E-state index contributed by atoms with van der Waals surface area (Å²) in [7, 11) is -10.7. The van der Waals surface area contributed by atoms with Crippen molar-refractivity contribution >= 4 is 13.4 Å². The molecule has 3 rings (SSSR count). The summed E-state index contributed by atoms with van der Waals surface area (Å²) in [6, 6.07) is 10.5. The van der Waals surface area contributed by atoms with Gasteiger partial charge >= 0.3 is 34.4 Å². The van der Waals surface area contributed by atoms with Crippen LogP contribution in [0.15, 0.2) is 48.7 Å². The molecule has 9 heteroatoms. The first-order valence-electron chi connectivity index (χ1n) is 8.30. The summed E-state index contributed by atoms with van der Waals surface area (Å²) in [5.74, 6) is 0. The van der Waals surface area contributed by atoms with Gasteiger partial charge in [-0.15, -0.1) is 0 Å². The van der Waals surface area contributed by atoms with Crippen molar-refractivity contribution in [2.24, 2.45) is 0 Å². The van der Waals surface area contributed by atoms with Crippen molar-refractivity contribution in [3.63, 3.8) is 0 Å². The van der Waals surface area contributed by atoms with Crippen LogP contribution in [0.1, 0.15) is 39.1 Å². The summed E-state index contributed by atoms with van der Waals surface area (Å²) in [6.07, 6.45) is 13.3. The van der Waals surface area contributed by atoms with Gasteiger partial charge in [-0.1, -0.05) is 55.7 Å². The van der Waals surface area contributed by atoms with Crippen molar-refractivity contribution in [2.75, 3.05) is 6.54 Å². The van der Waals surface area contributed by atoms with Crippen LogP contribution in [0, 0.1) is 0 Å². The zero-order valence-electron chi connectivity index (χ0n) is 15.0. The summed E-state index contributed by atoms with van der Waals surface area (Å²) >= 11 is 0. The van der Waals surface area contributed by atoms with E-state index in [-0.39, 0.29) is 1.43 Å². The van der Waals surface area contributed by atoms with Crippen molar-refractivity contribution in [1.29, 1.82) is 0 Å². The molecule has 0 bridgehead atoms. The van der Waals surface area contributed by atoms with Crippen LogP contribution in [0.5, 0.6) is 0 Å². The fourth-order valence-electron chi connectivity index (χ4n) is 2.77. The van der Waals surface area contributed by atoms with Crippen LogP contribution in [0.25, 0.3) is 5.57 Å². The van der Waals surface area contributed by atoms with Crippen LogP contribution in [0.2, 0.25) is 0 Å². The van der Waals surface area contributed by atoms with E-state index in [1.54, 1.807) is 0 Å². The van der Waals surface area contributed by atoms with E-state index in [4.69, 9.17) is 4.84 Å². The quantitative estimate of drug-likeness (QED) is 0.381. The Morgan fingerprint density at radius 2 is 1.50 bits per heavy atom. The van der Waals surface area contributed by atoms with Crippen LogP contribution in [-0.4, -0.2) is 17.7 Å². The Balaban J connectivity index is 0.000000395. The maximum absolute atomic E-state index is 10.7. The minimum Gasteiger partial charge on any atom is 1.00 e. The number of hydrogen-bond donors (Lipinski definition) is 0. The number of rotatable bonds is 3. The smallest absolute Gasteiger partial charge is 1.00 e. The summed E-state index contributed by atoms with van der Waals surface area (Å²) in [5, 5.41) is 1.97. The average molecular weight is 401 g/mol. The molecular formula is C17H22F6NOP. The molecule has 0 atom stereocenters. The van der Waals surface area contributed by atoms with Gasteiger partial charge in [-0.25, -0.2) is 0 Å². The number of hydrogen-bond acceptors (Lipinski definition) is 2. The van der Waals surface area contributed by atoms with E-state index in [0.29, 0.717) is 6.10 Å². The molecule has 1 heterocycles. The monoisotopic (exact) mass is 401 g/mol. The predicted molar refractivity (Wildman–Crippen MR) is 92.9 cm³/mol. The van der Waals surface area contributed by atoms with Gasteiger partial charge < -0.3 is 0 Å². The Kier molecular flexibility index (Phi) is 5.78. The maximum atomic E-state index is 9.87. The third-order valence-corrected chi connectivity index (χ3v) is 3.86. The molecule has 2 aliphatic rings. The Bertz CT molecular complexity index is 645. The Hall–Kier alpha value is -1.53. The number of nitrogens with zero attached hydrogens (tertiary/aromatic N) is 1. The van der Waals surface area contributed by atoms with Crippen LogP contribution in [-0.2, 0) is 4.84 Å². The van der Waals surface area contributed by atoms with E-state index >= 15 is 0 Å². The minimum absolute atomic E-state index is 0. The molecule has 0 unspecified atom stereocenters. The van der Waals surface area contributed by atoms with Crippen LogP contribution in [0.4, 0.5) is 25.2 Å². The zero-order valence-corrected chi connectivity index (χ0v) is 14.9. The van der Waals surface area contributed by atoms with Gasteiger partial charge in [0.1, 0.15) is 0 Å². The number of benzene rings is 1. The van der Waals surface area contributed by atoms with E-state index in [0.717, 1.165) is 6.54 Å². The van der Waals surface area contributed by atoms with Crippen molar-refractivity contribution in [3.8, 4) is 0 Å². The van der Waals surface area contributed by atoms with Gasteiger partial charge in [-0.3, -0.25) is 9.90 Å². The molecule has 1 saturated carbocycles. The normalized spacial score (nSPS) is 21.2. The van der Waals surface area contributed by atoms with Crippen molar-refractivity contribution in [2.45, 2.75) is 38.2 Å². The predicted octanol–water partition coefficient (Wildman–Crippen LogP) is 7.66. The van der Waals surface area contributed by atoms with Crippen molar-refractivity contribution in [1.82, 2.24) is 5.06 Å². The molecule has 0 radical (unpaired) electrons. The third kappa shape index (κ3) is 9.82. The van der Waals surface area contributed by atoms with Crippen molar-refractivity contribution in [3.05, 3.63) is 54.2 Å². The van der Waals surface area contributed by atoms with E-state index in [1.807, 2.05) is 5.06 Å². The van der Waals surface area contributed by atoms with E-state index in [2.05, 4.69) is 48.7 Å². The van der Waals surface area contributed by atoms with Gasteiger partial charge in [0.2, 0.25) is 0 Å². The van der Waals surface area contributed by atoms with Gasteiger partial charge in [0.05, 0.1) is 12.6 Å². The van der Waals surface area contributed by atoms with Crippen LogP contribution in [0.3, 0.4) is 0 Å². The average Bonchev–Trinajstić information content (AvgIpc) is 2.54. The Labute approximate surface area is 149 Å². The molecule has 148 valence electrons. The summed E-state index contributed by atoms with van der Waals surface area (Å²) in [5.41, 5.74) is 2.56. The molecule has 2 nitrogen and oxygen atoms in total. The molecule has 1 fully saturated rings. The van der Waals surface area contributed by atoms with Gasteiger partial charge in [0, 0.05) is 6.20 Å². The molecule has 1 aromatic rings. The van der Waals surface area contributed by atoms with E-state index in [1.165, 1.54) is 43.2 Å². The SMILES string of the molecule is C1=CN(OC2CCCCC2)CC=C1c1ccccc1.F[P-](F)(F)(F)(F)F.[H+]. The third-order valence-electron chi connectivity index (χ3n) is 3.86. The zero-order chi connectivity index (χ0) is 19.3. The second-order valence-electron chi connectivity index (χ2n) is 6.26. The first-order chi connectivity index (χ1) is 11.9. The molecule has 0 N–H and O–H groups in total. The van der Waals surface area contributed by atoms with Gasteiger partial charge in [0.15, 0.2) is 0 Å². The molecule has 0 spiro atoms. The van der Waals surface area contributed by atoms with E-state index < -0.39 is 7.81 Å². The van der Waals surface area contributed by atoms with Gasteiger partial charge in [-0.2, -0.15) is 0 Å². The van der Waals surface area contributed by atoms with Gasteiger partial charge in [-0.05, 0) is 30.1 Å². The Morgan fingerprint density at radius 1 is 0.923 bits per heavy atom. The number of allylic oxidation sites excluding steroid dienone is 2. The first kappa shape index (κ1) is 20.8. The van der Waals surface area contributed by atoms with E-state index in [9.17, 15) is 25.2 Å². The minimum atomic E-state index is -10.7. The van der Waals surface area contributed by atoms with Crippen LogP contribution >= 0.6 is 7.81 Å². The molecule has 0 amide bonds. The summed E-state index contributed by atoms with van der Waals surface area (Å²) < 4.78 is 59.2. The molecular weight excluding hydrogens is 379 g/mol. The van der Waals surface area contributed by atoms with Gasteiger partial charge in [0.25, 0.3) is 0 Å². The number of halogens is 6. The maximum Gasteiger partial charge on any atom is 1.00 e. The fraction of sp³-hybridized carbons (Fsp3) is 0.412.